The van der Waals surface area contributed by atoms with E-state index in [1.54, 1.807) is 24.3 Å². The molecule has 2 aromatic rings. The molecule has 0 spiro atoms. The van der Waals surface area contributed by atoms with Crippen LogP contribution in [-0.4, -0.2) is 36.0 Å². The zero-order valence-corrected chi connectivity index (χ0v) is 16.3. The van der Waals surface area contributed by atoms with Crippen molar-refractivity contribution in [3.05, 3.63) is 59.7 Å². The Balaban J connectivity index is 0.00000225. The van der Waals surface area contributed by atoms with Gasteiger partial charge in [0.1, 0.15) is 11.5 Å². The minimum atomic E-state index is -0.961. The van der Waals surface area contributed by atoms with E-state index in [4.69, 9.17) is 4.74 Å². The number of nitrogens with one attached hydrogen (secondary N) is 1. The highest BCUT2D eigenvalue weighted by molar-refractivity contribution is 5.94. The van der Waals surface area contributed by atoms with Crippen LogP contribution in [0.5, 0.6) is 11.5 Å². The number of hydrogen-bond donors (Lipinski definition) is 1. The maximum Gasteiger partial charge on any atom is 0.253 e. The van der Waals surface area contributed by atoms with E-state index in [0.29, 0.717) is 23.4 Å². The lowest BCUT2D eigenvalue weighted by Gasteiger charge is -2.35. The number of rotatable bonds is 4. The summed E-state index contributed by atoms with van der Waals surface area (Å²) >= 11 is 0. The van der Waals surface area contributed by atoms with Gasteiger partial charge in [-0.3, -0.25) is 4.79 Å². The first-order chi connectivity index (χ1) is 13.0. The highest BCUT2D eigenvalue weighted by Gasteiger charge is 2.36. The van der Waals surface area contributed by atoms with Crippen LogP contribution in [0.3, 0.4) is 0 Å². The zero-order chi connectivity index (χ0) is 19.0. The van der Waals surface area contributed by atoms with E-state index in [1.807, 2.05) is 11.9 Å². The second-order valence-electron chi connectivity index (χ2n) is 7.38. The smallest absolute Gasteiger partial charge is 0.253 e. The summed E-state index contributed by atoms with van der Waals surface area (Å²) in [5.74, 6) is -1.23. The fraction of sp³-hybridized carbons (Fsp3) is 0.381. The van der Waals surface area contributed by atoms with Crippen LogP contribution < -0.4 is 10.1 Å². The number of carbonyl (C=O) groups excluding carboxylic acids is 1. The molecule has 2 unspecified atom stereocenters. The van der Waals surface area contributed by atoms with E-state index in [1.165, 1.54) is 18.9 Å². The molecule has 2 heterocycles. The molecule has 2 atom stereocenters. The van der Waals surface area contributed by atoms with E-state index >= 15 is 0 Å². The number of benzene rings is 2. The molecule has 2 aliphatic heterocycles. The van der Waals surface area contributed by atoms with Crippen molar-refractivity contribution >= 4 is 18.3 Å². The molecule has 1 amide bonds. The van der Waals surface area contributed by atoms with Crippen LogP contribution in [0.15, 0.2) is 42.5 Å². The van der Waals surface area contributed by atoms with Crippen LogP contribution in [0.1, 0.15) is 36.0 Å². The van der Waals surface area contributed by atoms with Crippen LogP contribution in [0.2, 0.25) is 0 Å². The van der Waals surface area contributed by atoms with E-state index < -0.39 is 11.6 Å². The molecule has 2 bridgehead atoms. The molecule has 0 aromatic heterocycles. The molecule has 2 aliphatic rings. The third kappa shape index (κ3) is 4.28. The highest BCUT2D eigenvalue weighted by atomic mass is 35.5. The molecule has 28 heavy (non-hydrogen) atoms. The van der Waals surface area contributed by atoms with Crippen molar-refractivity contribution in [3.63, 3.8) is 0 Å². The molecule has 1 N–H and O–H groups in total. The van der Waals surface area contributed by atoms with Gasteiger partial charge in [-0.05, 0) is 62.1 Å². The molecule has 2 saturated heterocycles. The largest absolute Gasteiger partial charge is 0.457 e. The maximum atomic E-state index is 13.3. The number of piperidine rings is 1. The standard InChI is InChI=1S/C21H22F2N2O2.ClH/c1-25(16-10-14-4-5-15(11-16)24-14)21(26)13-2-6-17(7-3-13)27-18-8-9-19(22)20(23)12-18;/h2-3,6-9,12,14-16,24H,4-5,10-11H2,1H3;1H. The molecular formula is C21H23ClF2N2O2. The quantitative estimate of drug-likeness (QED) is 0.807. The van der Waals surface area contributed by atoms with Gasteiger partial charge in [0, 0.05) is 36.8 Å². The zero-order valence-electron chi connectivity index (χ0n) is 15.5. The van der Waals surface area contributed by atoms with Gasteiger partial charge >= 0.3 is 0 Å². The molecular weight excluding hydrogens is 386 g/mol. The molecule has 7 heteroatoms. The summed E-state index contributed by atoms with van der Waals surface area (Å²) in [7, 11) is 1.86. The molecule has 150 valence electrons. The first-order valence-corrected chi connectivity index (χ1v) is 9.26. The number of amides is 1. The van der Waals surface area contributed by atoms with Crippen molar-refractivity contribution in [3.8, 4) is 11.5 Å². The van der Waals surface area contributed by atoms with Gasteiger partial charge in [-0.2, -0.15) is 0 Å². The number of ether oxygens (including phenoxy) is 1. The Morgan fingerprint density at radius 1 is 1.00 bits per heavy atom. The van der Waals surface area contributed by atoms with E-state index in [9.17, 15) is 13.6 Å². The Bertz CT molecular complexity index is 835. The Labute approximate surface area is 169 Å². The number of halogens is 3. The first kappa shape index (κ1) is 20.6. The van der Waals surface area contributed by atoms with Crippen molar-refractivity contribution in [2.24, 2.45) is 0 Å². The van der Waals surface area contributed by atoms with Crippen LogP contribution in [0, 0.1) is 11.6 Å². The van der Waals surface area contributed by atoms with Gasteiger partial charge in [-0.25, -0.2) is 8.78 Å². The van der Waals surface area contributed by atoms with Crippen molar-refractivity contribution < 1.29 is 18.3 Å². The highest BCUT2D eigenvalue weighted by Crippen LogP contribution is 2.30. The van der Waals surface area contributed by atoms with Gasteiger partial charge in [0.15, 0.2) is 11.6 Å². The Kier molecular flexibility index (Phi) is 6.20. The molecule has 2 fully saturated rings. The van der Waals surface area contributed by atoms with Gasteiger partial charge in [0.2, 0.25) is 0 Å². The summed E-state index contributed by atoms with van der Waals surface area (Å²) in [6.45, 7) is 0. The monoisotopic (exact) mass is 408 g/mol. The molecule has 2 aromatic carbocycles. The van der Waals surface area contributed by atoms with E-state index in [2.05, 4.69) is 5.32 Å². The third-order valence-corrected chi connectivity index (χ3v) is 5.54. The summed E-state index contributed by atoms with van der Waals surface area (Å²) < 4.78 is 31.8. The van der Waals surface area contributed by atoms with Crippen LogP contribution in [0.25, 0.3) is 0 Å². The summed E-state index contributed by atoms with van der Waals surface area (Å²) in [5, 5.41) is 3.59. The summed E-state index contributed by atoms with van der Waals surface area (Å²) in [4.78, 5) is 14.6. The topological polar surface area (TPSA) is 41.6 Å². The van der Waals surface area contributed by atoms with Crippen LogP contribution >= 0.6 is 12.4 Å². The second kappa shape index (κ2) is 8.45. The second-order valence-corrected chi connectivity index (χ2v) is 7.38. The molecule has 0 saturated carbocycles. The van der Waals surface area contributed by atoms with Crippen molar-refractivity contribution in [2.45, 2.75) is 43.8 Å². The van der Waals surface area contributed by atoms with Gasteiger partial charge < -0.3 is 15.0 Å². The number of hydrogen-bond acceptors (Lipinski definition) is 3. The minimum Gasteiger partial charge on any atom is -0.457 e. The average molecular weight is 409 g/mol. The first-order valence-electron chi connectivity index (χ1n) is 9.26. The predicted octanol–water partition coefficient (Wildman–Crippen LogP) is 4.53. The minimum absolute atomic E-state index is 0. The maximum absolute atomic E-state index is 13.3. The predicted molar refractivity (Wildman–Crippen MR) is 105 cm³/mol. The van der Waals surface area contributed by atoms with E-state index in [-0.39, 0.29) is 30.1 Å². The number of carbonyl (C=O) groups is 1. The van der Waals surface area contributed by atoms with Crippen molar-refractivity contribution in [2.75, 3.05) is 7.05 Å². The van der Waals surface area contributed by atoms with Crippen LogP contribution in [0.4, 0.5) is 8.78 Å². The lowest BCUT2D eigenvalue weighted by Crippen LogP contribution is -2.48. The summed E-state index contributed by atoms with van der Waals surface area (Å²) in [6, 6.07) is 11.4. The van der Waals surface area contributed by atoms with Gasteiger partial charge in [0.25, 0.3) is 5.91 Å². The summed E-state index contributed by atoms with van der Waals surface area (Å²) in [6.07, 6.45) is 4.38. The fourth-order valence-electron chi connectivity index (χ4n) is 4.05. The average Bonchev–Trinajstić information content (AvgIpc) is 3.02. The van der Waals surface area contributed by atoms with E-state index in [0.717, 1.165) is 25.0 Å². The third-order valence-electron chi connectivity index (χ3n) is 5.54. The lowest BCUT2D eigenvalue weighted by atomic mass is 9.98. The normalized spacial score (nSPS) is 23.0. The van der Waals surface area contributed by atoms with Gasteiger partial charge in [-0.1, -0.05) is 0 Å². The molecule has 0 radical (unpaired) electrons. The Morgan fingerprint density at radius 3 is 2.21 bits per heavy atom. The molecule has 4 nitrogen and oxygen atoms in total. The Hall–Kier alpha value is -2.18. The lowest BCUT2D eigenvalue weighted by molar-refractivity contribution is 0.0681. The van der Waals surface area contributed by atoms with Crippen LogP contribution in [-0.2, 0) is 0 Å². The molecule has 4 rings (SSSR count). The fourth-order valence-corrected chi connectivity index (χ4v) is 4.05. The van der Waals surface area contributed by atoms with Crippen molar-refractivity contribution in [1.29, 1.82) is 0 Å². The summed E-state index contributed by atoms with van der Waals surface area (Å²) in [5.41, 5.74) is 0.584. The van der Waals surface area contributed by atoms with Crippen molar-refractivity contribution in [1.82, 2.24) is 10.2 Å². The molecule has 0 aliphatic carbocycles. The number of fused-ring (bicyclic) bond motifs is 2. The number of nitrogens with zero attached hydrogens (tertiary/aromatic N) is 1. The Morgan fingerprint density at radius 2 is 1.61 bits per heavy atom. The van der Waals surface area contributed by atoms with Gasteiger partial charge in [-0.15, -0.1) is 12.4 Å². The van der Waals surface area contributed by atoms with Gasteiger partial charge in [0.05, 0.1) is 0 Å². The SMILES string of the molecule is CN(C(=O)c1ccc(Oc2ccc(F)c(F)c2)cc1)C1CC2CCC(C1)N2.Cl.